The highest BCUT2D eigenvalue weighted by atomic mass is 28.3. The Hall–Kier alpha value is -0.0431. The molecule has 0 rings (SSSR count). The highest BCUT2D eigenvalue weighted by Crippen LogP contribution is 2.12. The molecule has 0 aromatic carbocycles. The zero-order valence-corrected chi connectivity index (χ0v) is 7.12. The fourth-order valence-electron chi connectivity index (χ4n) is 0.750. The Bertz CT molecular complexity index is 87.1. The van der Waals surface area contributed by atoms with Gasteiger partial charge in [-0.25, -0.2) is 0 Å². The topological polar surface area (TPSA) is 0 Å². The van der Waals surface area contributed by atoms with Gasteiger partial charge in [-0.3, -0.25) is 0 Å². The molecule has 0 heterocycles. The Labute approximate surface area is 53.6 Å². The van der Waals surface area contributed by atoms with Crippen LogP contribution in [0.1, 0.15) is 0 Å². The van der Waals surface area contributed by atoms with Crippen LogP contribution in [0, 0.1) is 6.92 Å². The van der Waals surface area contributed by atoms with E-state index in [1.165, 1.54) is 0 Å². The van der Waals surface area contributed by atoms with Crippen LogP contribution >= 0.6 is 0 Å². The van der Waals surface area contributed by atoms with Crippen molar-refractivity contribution in [3.8, 4) is 0 Å². The molecule has 0 atom stereocenters. The van der Waals surface area contributed by atoms with Crippen molar-refractivity contribution in [2.45, 2.75) is 25.7 Å². The minimum Gasteiger partial charge on any atom is -0.100 e. The van der Waals surface area contributed by atoms with E-state index in [4.69, 9.17) is 0 Å². The van der Waals surface area contributed by atoms with E-state index in [-0.39, 0.29) is 0 Å². The van der Waals surface area contributed by atoms with Gasteiger partial charge in [0.05, 0.1) is 0 Å². The van der Waals surface area contributed by atoms with Crippen molar-refractivity contribution in [2.75, 3.05) is 0 Å². The van der Waals surface area contributed by atoms with Crippen molar-refractivity contribution in [2.24, 2.45) is 0 Å². The highest BCUT2D eigenvalue weighted by Gasteiger charge is 2.11. The maximum absolute atomic E-state index is 3.76. The second-order valence-electron chi connectivity index (χ2n) is 3.49. The van der Waals surface area contributed by atoms with E-state index in [2.05, 4.69) is 33.1 Å². The van der Waals surface area contributed by atoms with Gasteiger partial charge in [0.1, 0.15) is 0 Å². The molecular weight excluding hydrogens is 112 g/mol. The summed E-state index contributed by atoms with van der Waals surface area (Å²) in [5, 5.41) is 0. The monoisotopic (exact) mass is 127 g/mol. The SMILES string of the molecule is [CH2]C(=C)C[Si](C)(C)C. The largest absolute Gasteiger partial charge is 0.100 e. The fourth-order valence-corrected chi connectivity index (χ4v) is 2.25. The molecule has 0 fully saturated rings. The third-order valence-corrected chi connectivity index (χ3v) is 2.34. The van der Waals surface area contributed by atoms with Gasteiger partial charge in [0, 0.05) is 8.07 Å². The summed E-state index contributed by atoms with van der Waals surface area (Å²) in [6.45, 7) is 14.5. The molecular formula is C7H15Si. The number of hydrogen-bond donors (Lipinski definition) is 0. The molecule has 0 amide bonds. The molecule has 1 radical (unpaired) electrons. The van der Waals surface area contributed by atoms with Gasteiger partial charge in [-0.15, -0.1) is 6.58 Å². The molecule has 0 aliphatic carbocycles. The number of rotatable bonds is 2. The summed E-state index contributed by atoms with van der Waals surface area (Å²) in [5.41, 5.74) is 1.09. The van der Waals surface area contributed by atoms with E-state index in [9.17, 15) is 0 Å². The van der Waals surface area contributed by atoms with Crippen LogP contribution in [0.3, 0.4) is 0 Å². The predicted octanol–water partition coefficient (Wildman–Crippen LogP) is 2.71. The lowest BCUT2D eigenvalue weighted by molar-refractivity contribution is 1.42. The summed E-state index contributed by atoms with van der Waals surface area (Å²) >= 11 is 0. The first-order valence-corrected chi connectivity index (χ1v) is 6.62. The van der Waals surface area contributed by atoms with Gasteiger partial charge in [0.25, 0.3) is 0 Å². The van der Waals surface area contributed by atoms with E-state index in [1.807, 2.05) is 0 Å². The summed E-state index contributed by atoms with van der Waals surface area (Å²) < 4.78 is 0. The van der Waals surface area contributed by atoms with Crippen molar-refractivity contribution in [1.82, 2.24) is 0 Å². The Morgan fingerprint density at radius 2 is 1.75 bits per heavy atom. The first kappa shape index (κ1) is 7.96. The minimum atomic E-state index is -0.882. The molecule has 47 valence electrons. The Morgan fingerprint density at radius 3 is 1.75 bits per heavy atom. The smallest absolute Gasteiger partial charge is 0.0483 e. The quantitative estimate of drug-likeness (QED) is 0.500. The van der Waals surface area contributed by atoms with Gasteiger partial charge in [0.2, 0.25) is 0 Å². The van der Waals surface area contributed by atoms with Gasteiger partial charge in [0.15, 0.2) is 0 Å². The summed E-state index contributed by atoms with van der Waals surface area (Å²) in [4.78, 5) is 0. The van der Waals surface area contributed by atoms with E-state index in [0.717, 1.165) is 11.6 Å². The number of allylic oxidation sites excluding steroid dienone is 1. The third-order valence-electron chi connectivity index (χ3n) is 0.780. The van der Waals surface area contributed by atoms with Crippen LogP contribution in [0.2, 0.25) is 25.7 Å². The first-order valence-electron chi connectivity index (χ1n) is 2.91. The minimum absolute atomic E-state index is 0.882. The third kappa shape index (κ3) is 5.96. The molecule has 1 heteroatoms. The Balaban J connectivity index is 3.55. The lowest BCUT2D eigenvalue weighted by Crippen LogP contribution is -2.18. The lowest BCUT2D eigenvalue weighted by Gasteiger charge is -2.14. The van der Waals surface area contributed by atoms with Crippen LogP contribution in [0.5, 0.6) is 0 Å². The Morgan fingerprint density at radius 1 is 1.38 bits per heavy atom. The van der Waals surface area contributed by atoms with E-state index in [0.29, 0.717) is 0 Å². The van der Waals surface area contributed by atoms with Crippen molar-refractivity contribution < 1.29 is 0 Å². The van der Waals surface area contributed by atoms with E-state index in [1.54, 1.807) is 0 Å². The molecule has 0 aliphatic heterocycles. The van der Waals surface area contributed by atoms with Crippen molar-refractivity contribution in [1.29, 1.82) is 0 Å². The van der Waals surface area contributed by atoms with Gasteiger partial charge < -0.3 is 0 Å². The fraction of sp³-hybridized carbons (Fsp3) is 0.571. The summed E-state index contributed by atoms with van der Waals surface area (Å²) in [7, 11) is -0.882. The van der Waals surface area contributed by atoms with E-state index < -0.39 is 8.07 Å². The predicted molar refractivity (Wildman–Crippen MR) is 42.7 cm³/mol. The maximum atomic E-state index is 3.76. The van der Waals surface area contributed by atoms with Crippen LogP contribution in [-0.4, -0.2) is 8.07 Å². The molecule has 0 spiro atoms. The second kappa shape index (κ2) is 2.49. The van der Waals surface area contributed by atoms with Crippen LogP contribution < -0.4 is 0 Å². The summed E-state index contributed by atoms with van der Waals surface area (Å²) in [5.74, 6) is 0. The average molecular weight is 127 g/mol. The average Bonchev–Trinajstić information content (AvgIpc) is 1.21. The van der Waals surface area contributed by atoms with Crippen LogP contribution in [0.25, 0.3) is 0 Å². The van der Waals surface area contributed by atoms with Gasteiger partial charge in [-0.1, -0.05) is 25.2 Å². The molecule has 0 unspecified atom stereocenters. The zero-order valence-electron chi connectivity index (χ0n) is 6.12. The molecule has 0 bridgehead atoms. The molecule has 0 nitrogen and oxygen atoms in total. The summed E-state index contributed by atoms with van der Waals surface area (Å²) in [6, 6.07) is 1.16. The van der Waals surface area contributed by atoms with Crippen molar-refractivity contribution in [3.05, 3.63) is 19.1 Å². The van der Waals surface area contributed by atoms with Crippen molar-refractivity contribution >= 4 is 8.07 Å². The van der Waals surface area contributed by atoms with Crippen LogP contribution in [0.4, 0.5) is 0 Å². The van der Waals surface area contributed by atoms with Crippen LogP contribution in [-0.2, 0) is 0 Å². The zero-order chi connectivity index (χ0) is 6.78. The van der Waals surface area contributed by atoms with Crippen molar-refractivity contribution in [3.63, 3.8) is 0 Å². The maximum Gasteiger partial charge on any atom is 0.0483 e. The Kier molecular flexibility index (Phi) is 2.48. The standard InChI is InChI=1S/C7H15Si/c1-7(2)6-8(3,4)5/h1-2,6H2,3-5H3. The molecule has 0 aliphatic rings. The molecule has 8 heavy (non-hydrogen) atoms. The van der Waals surface area contributed by atoms with Gasteiger partial charge >= 0.3 is 0 Å². The highest BCUT2D eigenvalue weighted by molar-refractivity contribution is 6.76. The van der Waals surface area contributed by atoms with E-state index >= 15 is 0 Å². The van der Waals surface area contributed by atoms with Gasteiger partial charge in [-0.2, -0.15) is 0 Å². The summed E-state index contributed by atoms with van der Waals surface area (Å²) in [6.07, 6.45) is 0. The molecule has 0 N–H and O–H groups in total. The normalized spacial score (nSPS) is 11.5. The molecule has 0 aromatic heterocycles. The molecule has 0 saturated heterocycles. The molecule has 0 aromatic rings. The molecule has 0 saturated carbocycles. The first-order chi connectivity index (χ1) is 3.42. The van der Waals surface area contributed by atoms with Gasteiger partial charge in [-0.05, 0) is 13.0 Å². The second-order valence-corrected chi connectivity index (χ2v) is 8.96. The lowest BCUT2D eigenvalue weighted by atomic mass is 10.4. The number of hydrogen-bond acceptors (Lipinski definition) is 0. The van der Waals surface area contributed by atoms with Crippen LogP contribution in [0.15, 0.2) is 12.2 Å².